The van der Waals surface area contributed by atoms with Gasteiger partial charge in [0.1, 0.15) is 11.5 Å². The molecule has 2 aromatic heterocycles. The molecule has 1 saturated carbocycles. The molecule has 8 nitrogen and oxygen atoms in total. The maximum Gasteiger partial charge on any atom is 0.313 e. The summed E-state index contributed by atoms with van der Waals surface area (Å²) >= 11 is 0. The van der Waals surface area contributed by atoms with Gasteiger partial charge in [0.05, 0.1) is 0 Å². The Kier molecular flexibility index (Phi) is 7.89. The van der Waals surface area contributed by atoms with Crippen LogP contribution in [0.25, 0.3) is 0 Å². The van der Waals surface area contributed by atoms with Gasteiger partial charge in [-0.25, -0.2) is 0 Å². The van der Waals surface area contributed by atoms with Crippen LogP contribution in [-0.2, 0) is 20.9 Å². The van der Waals surface area contributed by atoms with E-state index in [1.807, 2.05) is 20.8 Å². The number of nitrogens with one attached hydrogen (secondary N) is 2. The zero-order valence-corrected chi connectivity index (χ0v) is 19.9. The fraction of sp³-hybridized carbons (Fsp3) is 0.520. The minimum Gasteiger partial charge on any atom is -0.464 e. The first-order valence-electron chi connectivity index (χ1n) is 11.5. The van der Waals surface area contributed by atoms with Crippen LogP contribution in [0.3, 0.4) is 0 Å². The number of pyridine rings is 1. The van der Waals surface area contributed by atoms with Gasteiger partial charge in [-0.15, -0.1) is 0 Å². The van der Waals surface area contributed by atoms with Gasteiger partial charge >= 0.3 is 11.8 Å². The second-order valence-corrected chi connectivity index (χ2v) is 9.69. The molecule has 1 fully saturated rings. The lowest BCUT2D eigenvalue weighted by atomic mass is 9.95. The predicted octanol–water partition coefficient (Wildman–Crippen LogP) is 3.42. The molecular formula is C25H34N4O4. The molecule has 1 aliphatic carbocycles. The van der Waals surface area contributed by atoms with Gasteiger partial charge < -0.3 is 20.0 Å². The van der Waals surface area contributed by atoms with Crippen molar-refractivity contribution in [2.45, 2.75) is 84.0 Å². The molecule has 3 rings (SSSR count). The van der Waals surface area contributed by atoms with Crippen molar-refractivity contribution in [3.63, 3.8) is 0 Å². The topological polar surface area (TPSA) is 105 Å². The minimum atomic E-state index is -1.11. The molecule has 0 aromatic carbocycles. The van der Waals surface area contributed by atoms with E-state index in [1.165, 1.54) is 4.90 Å². The largest absolute Gasteiger partial charge is 0.464 e. The van der Waals surface area contributed by atoms with E-state index in [0.717, 1.165) is 32.1 Å². The summed E-state index contributed by atoms with van der Waals surface area (Å²) < 4.78 is 5.78. The first-order valence-corrected chi connectivity index (χ1v) is 11.5. The summed E-state index contributed by atoms with van der Waals surface area (Å²) in [5.74, 6) is -0.981. The van der Waals surface area contributed by atoms with E-state index in [2.05, 4.69) is 15.6 Å². The van der Waals surface area contributed by atoms with E-state index in [0.29, 0.717) is 17.1 Å². The summed E-state index contributed by atoms with van der Waals surface area (Å²) in [7, 11) is 0. The van der Waals surface area contributed by atoms with Crippen molar-refractivity contribution in [1.29, 1.82) is 0 Å². The number of furan rings is 1. The Morgan fingerprint density at radius 1 is 1.15 bits per heavy atom. The number of nitrogens with zero attached hydrogens (tertiary/aromatic N) is 2. The molecule has 2 N–H and O–H groups in total. The number of carbonyl (C=O) groups is 3. The van der Waals surface area contributed by atoms with Crippen LogP contribution in [0, 0.1) is 6.92 Å². The average Bonchev–Trinajstić information content (AvgIpc) is 3.18. The Balaban J connectivity index is 1.95. The van der Waals surface area contributed by atoms with Crippen LogP contribution in [0.4, 0.5) is 0 Å². The van der Waals surface area contributed by atoms with E-state index in [-0.39, 0.29) is 12.6 Å². The third kappa shape index (κ3) is 6.91. The third-order valence-electron chi connectivity index (χ3n) is 5.56. The van der Waals surface area contributed by atoms with Crippen LogP contribution >= 0.6 is 0 Å². The zero-order chi connectivity index (χ0) is 24.0. The van der Waals surface area contributed by atoms with Crippen LogP contribution in [0.5, 0.6) is 0 Å². The smallest absolute Gasteiger partial charge is 0.313 e. The standard InChI is InChI=1S/C25H34N4O4/c1-17-12-13-20(33-17)21(22(30)28-25(2,3)4)29(16-18-9-8-14-26-15-18)24(32)23(31)27-19-10-6-5-7-11-19/h8-9,12-15,19,21H,5-7,10-11,16H2,1-4H3,(H,27,31)(H,28,30)/t21-/m1/s1. The van der Waals surface area contributed by atoms with Crippen LogP contribution in [-0.4, -0.2) is 39.2 Å². The lowest BCUT2D eigenvalue weighted by molar-refractivity contribution is -0.151. The molecular weight excluding hydrogens is 420 g/mol. The van der Waals surface area contributed by atoms with Crippen molar-refractivity contribution in [2.75, 3.05) is 0 Å². The highest BCUT2D eigenvalue weighted by atomic mass is 16.3. The Morgan fingerprint density at radius 3 is 2.45 bits per heavy atom. The van der Waals surface area contributed by atoms with Crippen LogP contribution in [0.15, 0.2) is 41.1 Å². The van der Waals surface area contributed by atoms with Gasteiger partial charge in [0.15, 0.2) is 6.04 Å². The van der Waals surface area contributed by atoms with Gasteiger partial charge in [-0.3, -0.25) is 19.4 Å². The summed E-state index contributed by atoms with van der Waals surface area (Å²) in [6, 6.07) is 5.83. The summed E-state index contributed by atoms with van der Waals surface area (Å²) in [5.41, 5.74) is 0.165. The van der Waals surface area contributed by atoms with Gasteiger partial charge in [-0.2, -0.15) is 0 Å². The molecule has 1 atom stereocenters. The number of aryl methyl sites for hydroxylation is 1. The maximum absolute atomic E-state index is 13.5. The molecule has 33 heavy (non-hydrogen) atoms. The van der Waals surface area contributed by atoms with Crippen molar-refractivity contribution >= 4 is 17.7 Å². The second kappa shape index (κ2) is 10.6. The van der Waals surface area contributed by atoms with E-state index >= 15 is 0 Å². The van der Waals surface area contributed by atoms with Crippen LogP contribution < -0.4 is 10.6 Å². The fourth-order valence-corrected chi connectivity index (χ4v) is 4.06. The van der Waals surface area contributed by atoms with Crippen molar-refractivity contribution in [2.24, 2.45) is 0 Å². The molecule has 0 radical (unpaired) electrons. The van der Waals surface area contributed by atoms with Crippen LogP contribution in [0.2, 0.25) is 0 Å². The molecule has 0 bridgehead atoms. The highest BCUT2D eigenvalue weighted by Crippen LogP contribution is 2.27. The molecule has 0 unspecified atom stereocenters. The fourth-order valence-electron chi connectivity index (χ4n) is 4.06. The summed E-state index contributed by atoms with van der Waals surface area (Å²) in [4.78, 5) is 45.3. The maximum atomic E-state index is 13.5. The van der Waals surface area contributed by atoms with Crippen molar-refractivity contribution in [3.8, 4) is 0 Å². The Labute approximate surface area is 195 Å². The molecule has 2 heterocycles. The Hall–Kier alpha value is -3.16. The summed E-state index contributed by atoms with van der Waals surface area (Å²) in [5, 5.41) is 5.80. The SMILES string of the molecule is Cc1ccc([C@H](C(=O)NC(C)(C)C)N(Cc2cccnc2)C(=O)C(=O)NC2CCCCC2)o1. The third-order valence-corrected chi connectivity index (χ3v) is 5.56. The minimum absolute atomic E-state index is 0.0249. The molecule has 0 saturated heterocycles. The molecule has 3 amide bonds. The molecule has 178 valence electrons. The van der Waals surface area contributed by atoms with Gasteiger partial charge in [0.25, 0.3) is 5.91 Å². The highest BCUT2D eigenvalue weighted by Gasteiger charge is 2.38. The number of rotatable bonds is 6. The molecule has 0 aliphatic heterocycles. The van der Waals surface area contributed by atoms with E-state index in [4.69, 9.17) is 4.42 Å². The highest BCUT2D eigenvalue weighted by molar-refractivity contribution is 6.35. The number of aromatic nitrogens is 1. The van der Waals surface area contributed by atoms with E-state index in [1.54, 1.807) is 43.6 Å². The number of hydrogen-bond donors (Lipinski definition) is 2. The van der Waals surface area contributed by atoms with E-state index < -0.39 is 29.3 Å². The Morgan fingerprint density at radius 2 is 1.88 bits per heavy atom. The predicted molar refractivity (Wildman–Crippen MR) is 124 cm³/mol. The Bertz CT molecular complexity index is 958. The number of hydrogen-bond acceptors (Lipinski definition) is 5. The zero-order valence-electron chi connectivity index (χ0n) is 19.9. The first-order chi connectivity index (χ1) is 15.6. The monoisotopic (exact) mass is 454 g/mol. The lowest BCUT2D eigenvalue weighted by Crippen LogP contribution is -2.52. The van der Waals surface area contributed by atoms with Gasteiger partial charge in [0.2, 0.25) is 0 Å². The van der Waals surface area contributed by atoms with Crippen molar-refractivity contribution < 1.29 is 18.8 Å². The molecule has 8 heteroatoms. The molecule has 2 aromatic rings. The van der Waals surface area contributed by atoms with Crippen LogP contribution in [0.1, 0.15) is 76.0 Å². The molecule has 1 aliphatic rings. The normalized spacial score (nSPS) is 15.5. The quantitative estimate of drug-likeness (QED) is 0.651. The van der Waals surface area contributed by atoms with Gasteiger partial charge in [0, 0.05) is 30.5 Å². The van der Waals surface area contributed by atoms with E-state index in [9.17, 15) is 14.4 Å². The average molecular weight is 455 g/mol. The number of carbonyl (C=O) groups excluding carboxylic acids is 3. The number of amides is 3. The molecule has 0 spiro atoms. The summed E-state index contributed by atoms with van der Waals surface area (Å²) in [6.07, 6.45) is 8.15. The summed E-state index contributed by atoms with van der Waals surface area (Å²) in [6.45, 7) is 7.38. The van der Waals surface area contributed by atoms with Gasteiger partial charge in [-0.05, 0) is 64.3 Å². The van der Waals surface area contributed by atoms with Gasteiger partial charge in [-0.1, -0.05) is 25.3 Å². The second-order valence-electron chi connectivity index (χ2n) is 9.69. The van der Waals surface area contributed by atoms with Crippen molar-refractivity contribution in [1.82, 2.24) is 20.5 Å². The first kappa shape index (κ1) is 24.5. The van der Waals surface area contributed by atoms with Crippen molar-refractivity contribution in [3.05, 3.63) is 53.7 Å². The lowest BCUT2D eigenvalue weighted by Gasteiger charge is -2.32.